The fourth-order valence-corrected chi connectivity index (χ4v) is 3.70. The predicted octanol–water partition coefficient (Wildman–Crippen LogP) is 3.49. The zero-order valence-corrected chi connectivity index (χ0v) is 19.1. The van der Waals surface area contributed by atoms with E-state index in [2.05, 4.69) is 34.7 Å². The summed E-state index contributed by atoms with van der Waals surface area (Å²) in [5, 5.41) is 5.60. The number of aryl methyl sites for hydroxylation is 1. The minimum Gasteiger partial charge on any atom is -0.374 e. The summed E-state index contributed by atoms with van der Waals surface area (Å²) in [6, 6.07) is 7.96. The molecule has 1 aromatic rings. The maximum Gasteiger partial charge on any atom is 0.249 e. The molecule has 1 fully saturated rings. The normalized spacial score (nSPS) is 16.3. The van der Waals surface area contributed by atoms with Gasteiger partial charge in [0.2, 0.25) is 11.8 Å². The average molecular weight is 439 g/mol. The lowest BCUT2D eigenvalue weighted by atomic mass is 10.0. The van der Waals surface area contributed by atoms with E-state index in [1.807, 2.05) is 12.1 Å². The van der Waals surface area contributed by atoms with E-state index in [4.69, 9.17) is 5.73 Å². The lowest BCUT2D eigenvalue weighted by Gasteiger charge is -2.22. The Bertz CT molecular complexity index is 624. The van der Waals surface area contributed by atoms with Gasteiger partial charge in [0.15, 0.2) is 0 Å². The van der Waals surface area contributed by atoms with Crippen LogP contribution in [-0.4, -0.2) is 49.4 Å². The van der Waals surface area contributed by atoms with E-state index < -0.39 is 0 Å². The number of imide groups is 1. The summed E-state index contributed by atoms with van der Waals surface area (Å²) in [7, 11) is 2.21. The third kappa shape index (κ3) is 10.4. The number of hydrogen-bond donors (Lipinski definition) is 3. The van der Waals surface area contributed by atoms with Crippen LogP contribution in [0.3, 0.4) is 0 Å². The number of nitrogens with two attached hydrogens (primary N) is 1. The molecule has 1 heterocycles. The molecule has 2 rings (SSSR count). The molecule has 0 saturated carbocycles. The van der Waals surface area contributed by atoms with Crippen molar-refractivity contribution in [3.8, 4) is 0 Å². The molecular weight excluding hydrogens is 400 g/mol. The molecule has 0 aliphatic carbocycles. The molecule has 2 amide bonds. The van der Waals surface area contributed by atoms with Gasteiger partial charge in [0.05, 0.1) is 0 Å². The number of rotatable bonds is 14. The van der Waals surface area contributed by atoms with Gasteiger partial charge >= 0.3 is 0 Å². The highest BCUT2D eigenvalue weighted by molar-refractivity contribution is 6.01. The summed E-state index contributed by atoms with van der Waals surface area (Å²) in [6.07, 6.45) is 10.8. The summed E-state index contributed by atoms with van der Waals surface area (Å²) >= 11 is 0. The van der Waals surface area contributed by atoms with Crippen LogP contribution in [0.2, 0.25) is 0 Å². The minimum atomic E-state index is -0.326. The van der Waals surface area contributed by atoms with Crippen LogP contribution in [0, 0.1) is 0 Å². The van der Waals surface area contributed by atoms with Gasteiger partial charge in [0.25, 0.3) is 0 Å². The summed E-state index contributed by atoms with van der Waals surface area (Å²) in [4.78, 5) is 25.5. The molecule has 4 N–H and O–H groups in total. The maximum atomic E-state index is 11.8. The predicted molar refractivity (Wildman–Crippen MR) is 126 cm³/mol. The molecule has 170 valence electrons. The Morgan fingerprint density at radius 1 is 1.00 bits per heavy atom. The number of carbonyl (C=O) groups excluding carboxylic acids is 2. The smallest absolute Gasteiger partial charge is 0.249 e. The highest BCUT2D eigenvalue weighted by Crippen LogP contribution is 2.16. The van der Waals surface area contributed by atoms with Crippen LogP contribution in [-0.2, 0) is 16.0 Å². The number of anilines is 1. The van der Waals surface area contributed by atoms with Crippen LogP contribution in [0.25, 0.3) is 0 Å². The van der Waals surface area contributed by atoms with Crippen molar-refractivity contribution in [1.29, 1.82) is 0 Å². The molecule has 1 aliphatic rings. The molecule has 1 atom stereocenters. The van der Waals surface area contributed by atoms with Gasteiger partial charge in [-0.1, -0.05) is 37.8 Å². The largest absolute Gasteiger partial charge is 0.374 e. The van der Waals surface area contributed by atoms with E-state index in [-0.39, 0.29) is 30.3 Å². The average Bonchev–Trinajstić information content (AvgIpc) is 2.71. The van der Waals surface area contributed by atoms with Gasteiger partial charge in [-0.25, -0.2) is 0 Å². The first-order valence-corrected chi connectivity index (χ1v) is 11.2. The van der Waals surface area contributed by atoms with Crippen molar-refractivity contribution in [1.82, 2.24) is 10.2 Å². The van der Waals surface area contributed by atoms with Crippen LogP contribution in [0.1, 0.15) is 63.4 Å². The summed E-state index contributed by atoms with van der Waals surface area (Å²) < 4.78 is 0. The van der Waals surface area contributed by atoms with Gasteiger partial charge in [-0.15, -0.1) is 12.4 Å². The first kappa shape index (κ1) is 26.4. The molecule has 0 bridgehead atoms. The van der Waals surface area contributed by atoms with Crippen LogP contribution in [0.5, 0.6) is 0 Å². The standard InChI is InChI=1S/C23H38N4O2.ClH/c1-27(17-7-5-3-2-4-6-16-24)18-8-9-19-10-12-20(13-11-19)25-21-14-15-22(28)26-23(21)29;/h10-13,21,25H,2-9,14-18,24H2,1H3,(H,26,28,29);1H. The van der Waals surface area contributed by atoms with Crippen molar-refractivity contribution in [2.75, 3.05) is 32.0 Å². The molecule has 0 radical (unpaired) electrons. The van der Waals surface area contributed by atoms with E-state index in [1.54, 1.807) is 0 Å². The SMILES string of the molecule is CN(CCCCCCCCN)CCCc1ccc(NC2CCC(=O)NC2=O)cc1.Cl. The van der Waals surface area contributed by atoms with Crippen molar-refractivity contribution in [3.63, 3.8) is 0 Å². The zero-order chi connectivity index (χ0) is 20.9. The Hall–Kier alpha value is -1.63. The van der Waals surface area contributed by atoms with Crippen molar-refractivity contribution < 1.29 is 9.59 Å². The molecule has 30 heavy (non-hydrogen) atoms. The summed E-state index contributed by atoms with van der Waals surface area (Å²) in [6.45, 7) is 3.11. The molecule has 1 saturated heterocycles. The first-order valence-electron chi connectivity index (χ1n) is 11.2. The number of nitrogens with zero attached hydrogens (tertiary/aromatic N) is 1. The Balaban J connectivity index is 0.00000450. The van der Waals surface area contributed by atoms with Gasteiger partial charge in [0.1, 0.15) is 6.04 Å². The van der Waals surface area contributed by atoms with E-state index in [1.165, 1.54) is 44.2 Å². The fourth-order valence-electron chi connectivity index (χ4n) is 3.70. The summed E-state index contributed by atoms with van der Waals surface area (Å²) in [5.41, 5.74) is 7.75. The minimum absolute atomic E-state index is 0. The van der Waals surface area contributed by atoms with Gasteiger partial charge in [-0.05, 0) is 76.5 Å². The second-order valence-corrected chi connectivity index (χ2v) is 8.16. The van der Waals surface area contributed by atoms with Crippen LogP contribution >= 0.6 is 12.4 Å². The molecule has 1 unspecified atom stereocenters. The third-order valence-corrected chi connectivity index (χ3v) is 5.53. The highest BCUT2D eigenvalue weighted by atomic mass is 35.5. The van der Waals surface area contributed by atoms with Gasteiger partial charge < -0.3 is 16.0 Å². The third-order valence-electron chi connectivity index (χ3n) is 5.53. The zero-order valence-electron chi connectivity index (χ0n) is 18.3. The summed E-state index contributed by atoms with van der Waals surface area (Å²) in [5.74, 6) is -0.417. The number of piperidine rings is 1. The van der Waals surface area contributed by atoms with E-state index in [9.17, 15) is 9.59 Å². The maximum absolute atomic E-state index is 11.8. The van der Waals surface area contributed by atoms with E-state index >= 15 is 0 Å². The van der Waals surface area contributed by atoms with Gasteiger partial charge in [0, 0.05) is 12.1 Å². The lowest BCUT2D eigenvalue weighted by Crippen LogP contribution is -2.47. The van der Waals surface area contributed by atoms with Crippen molar-refractivity contribution in [2.45, 2.75) is 70.3 Å². The first-order chi connectivity index (χ1) is 14.1. The van der Waals surface area contributed by atoms with Crippen LogP contribution in [0.4, 0.5) is 5.69 Å². The Labute approximate surface area is 187 Å². The molecular formula is C23H39ClN4O2. The van der Waals surface area contributed by atoms with Crippen LogP contribution in [0.15, 0.2) is 24.3 Å². The highest BCUT2D eigenvalue weighted by Gasteiger charge is 2.26. The second-order valence-electron chi connectivity index (χ2n) is 8.16. The van der Waals surface area contributed by atoms with Gasteiger partial charge in [-0.2, -0.15) is 0 Å². The van der Waals surface area contributed by atoms with E-state index in [0.717, 1.165) is 38.0 Å². The van der Waals surface area contributed by atoms with Gasteiger partial charge in [-0.3, -0.25) is 14.9 Å². The lowest BCUT2D eigenvalue weighted by molar-refractivity contribution is -0.133. The van der Waals surface area contributed by atoms with Crippen LogP contribution < -0.4 is 16.4 Å². The second kappa shape index (κ2) is 15.2. The number of benzene rings is 1. The number of unbranched alkanes of at least 4 members (excludes halogenated alkanes) is 5. The number of amides is 2. The topological polar surface area (TPSA) is 87.5 Å². The number of nitrogens with one attached hydrogen (secondary N) is 2. The number of hydrogen-bond acceptors (Lipinski definition) is 5. The Morgan fingerprint density at radius 3 is 2.30 bits per heavy atom. The molecule has 0 aromatic heterocycles. The van der Waals surface area contributed by atoms with Crippen molar-refractivity contribution in [3.05, 3.63) is 29.8 Å². The molecule has 1 aromatic carbocycles. The molecule has 6 nitrogen and oxygen atoms in total. The quantitative estimate of drug-likeness (QED) is 0.305. The Morgan fingerprint density at radius 2 is 1.63 bits per heavy atom. The van der Waals surface area contributed by atoms with Crippen molar-refractivity contribution >= 4 is 29.9 Å². The van der Waals surface area contributed by atoms with E-state index in [0.29, 0.717) is 12.8 Å². The molecule has 0 spiro atoms. The monoisotopic (exact) mass is 438 g/mol. The Kier molecular flexibility index (Phi) is 13.4. The fraction of sp³-hybridized carbons (Fsp3) is 0.652. The molecule has 7 heteroatoms. The number of carbonyl (C=O) groups is 2. The number of halogens is 1. The van der Waals surface area contributed by atoms with Crippen molar-refractivity contribution in [2.24, 2.45) is 5.73 Å². The molecule has 1 aliphatic heterocycles.